The number of nitrogens with zero attached hydrogens (tertiary/aromatic N) is 1. The monoisotopic (exact) mass is 285 g/mol. The van der Waals surface area contributed by atoms with E-state index in [1.165, 1.54) is 5.56 Å². The first kappa shape index (κ1) is 9.21. The second-order valence-electron chi connectivity index (χ2n) is 3.17. The minimum absolute atomic E-state index is 0.508. The van der Waals surface area contributed by atoms with Crippen LogP contribution in [0.4, 0.5) is 0 Å². The molecule has 2 heteroatoms. The van der Waals surface area contributed by atoms with Crippen molar-refractivity contribution in [3.63, 3.8) is 0 Å². The summed E-state index contributed by atoms with van der Waals surface area (Å²) in [6.45, 7) is 2.17. The molecule has 0 spiro atoms. The molecule has 1 atom stereocenters. The third kappa shape index (κ3) is 2.11. The molecule has 68 valence electrons. The zero-order chi connectivity index (χ0) is 9.10. The fourth-order valence-electron chi connectivity index (χ4n) is 1.50. The van der Waals surface area contributed by atoms with Crippen LogP contribution in [0.25, 0.3) is 0 Å². The molecule has 1 unspecified atom stereocenters. The molecule has 0 aromatic heterocycles. The van der Waals surface area contributed by atoms with Crippen molar-refractivity contribution < 1.29 is 0 Å². The Morgan fingerprint density at radius 1 is 1.08 bits per heavy atom. The maximum atomic E-state index is 2.50. The normalized spacial score (nSPS) is 19.2. The molecule has 0 bridgehead atoms. The van der Waals surface area contributed by atoms with Crippen LogP contribution in [0, 0.1) is 0 Å². The summed E-state index contributed by atoms with van der Waals surface area (Å²) in [7, 11) is 0. The zero-order valence-electron chi connectivity index (χ0n) is 7.36. The average Bonchev–Trinajstić information content (AvgIpc) is 2.71. The highest BCUT2D eigenvalue weighted by Crippen LogP contribution is 2.28. The van der Waals surface area contributed by atoms with E-state index >= 15 is 0 Å². The highest BCUT2D eigenvalue weighted by atomic mass is 127. The van der Waals surface area contributed by atoms with E-state index in [4.69, 9.17) is 0 Å². The summed E-state index contributed by atoms with van der Waals surface area (Å²) in [5.41, 5.74) is 1.40. The van der Waals surface area contributed by atoms with Gasteiger partial charge >= 0.3 is 0 Å². The molecular weight excluding hydrogens is 273 g/mol. The maximum absolute atomic E-state index is 2.50. The van der Waals surface area contributed by atoms with Gasteiger partial charge in [0.15, 0.2) is 0 Å². The molecular formula is C11H12IN. The Labute approximate surface area is 92.6 Å². The molecule has 1 aliphatic heterocycles. The summed E-state index contributed by atoms with van der Waals surface area (Å²) >= 11 is 2.50. The molecule has 1 aromatic rings. The topological polar surface area (TPSA) is 3.24 Å². The van der Waals surface area contributed by atoms with Gasteiger partial charge in [0.25, 0.3) is 0 Å². The molecule has 1 nitrogen and oxygen atoms in total. The Morgan fingerprint density at radius 3 is 2.31 bits per heavy atom. The standard InChI is InChI=1S/C11H12IN/c12-11(13-8-4-5-9-13)10-6-2-1-3-7-10/h1-7,11H,8-9H2. The summed E-state index contributed by atoms with van der Waals surface area (Å²) in [4.78, 5) is 2.44. The Balaban J connectivity index is 2.09. The number of halogens is 1. The van der Waals surface area contributed by atoms with Crippen LogP contribution in [0.5, 0.6) is 0 Å². The molecule has 0 amide bonds. The molecule has 0 saturated heterocycles. The Kier molecular flexibility index (Phi) is 3.01. The van der Waals surface area contributed by atoms with Crippen LogP contribution in [-0.4, -0.2) is 18.0 Å². The van der Waals surface area contributed by atoms with E-state index in [9.17, 15) is 0 Å². The number of rotatable bonds is 2. The van der Waals surface area contributed by atoms with Gasteiger partial charge in [-0.3, -0.25) is 4.90 Å². The quantitative estimate of drug-likeness (QED) is 0.349. The van der Waals surface area contributed by atoms with Crippen LogP contribution in [0.1, 0.15) is 9.61 Å². The molecule has 2 rings (SSSR count). The van der Waals surface area contributed by atoms with Crippen molar-refractivity contribution in [2.24, 2.45) is 0 Å². The lowest BCUT2D eigenvalue weighted by Crippen LogP contribution is -2.21. The van der Waals surface area contributed by atoms with Crippen molar-refractivity contribution in [3.8, 4) is 0 Å². The van der Waals surface area contributed by atoms with Gasteiger partial charge in [0.1, 0.15) is 0 Å². The van der Waals surface area contributed by atoms with Gasteiger partial charge in [-0.25, -0.2) is 0 Å². The van der Waals surface area contributed by atoms with Gasteiger partial charge in [-0.05, 0) is 5.56 Å². The van der Waals surface area contributed by atoms with Crippen LogP contribution in [0.2, 0.25) is 0 Å². The lowest BCUT2D eigenvalue weighted by Gasteiger charge is -2.22. The Bertz CT molecular complexity index is 286. The van der Waals surface area contributed by atoms with E-state index in [1.807, 2.05) is 0 Å². The van der Waals surface area contributed by atoms with Crippen molar-refractivity contribution in [1.29, 1.82) is 0 Å². The molecule has 0 saturated carbocycles. The molecule has 0 fully saturated rings. The minimum atomic E-state index is 0.508. The second kappa shape index (κ2) is 4.24. The molecule has 13 heavy (non-hydrogen) atoms. The molecule has 1 heterocycles. The third-order valence-electron chi connectivity index (χ3n) is 2.24. The Hall–Kier alpha value is -0.350. The van der Waals surface area contributed by atoms with Crippen molar-refractivity contribution in [2.75, 3.05) is 13.1 Å². The second-order valence-corrected chi connectivity index (χ2v) is 4.35. The van der Waals surface area contributed by atoms with Crippen LogP contribution >= 0.6 is 22.6 Å². The number of hydrogen-bond acceptors (Lipinski definition) is 1. The molecule has 0 aliphatic carbocycles. The van der Waals surface area contributed by atoms with Gasteiger partial charge in [-0.2, -0.15) is 0 Å². The number of alkyl halides is 1. The van der Waals surface area contributed by atoms with E-state index in [0.29, 0.717) is 4.05 Å². The smallest absolute Gasteiger partial charge is 0.0879 e. The van der Waals surface area contributed by atoms with E-state index in [0.717, 1.165) is 13.1 Å². The third-order valence-corrected chi connectivity index (χ3v) is 3.75. The molecule has 1 aliphatic rings. The maximum Gasteiger partial charge on any atom is 0.0879 e. The van der Waals surface area contributed by atoms with Gasteiger partial charge in [0.2, 0.25) is 0 Å². The predicted octanol–water partition coefficient (Wildman–Crippen LogP) is 2.99. The average molecular weight is 285 g/mol. The Morgan fingerprint density at radius 2 is 1.69 bits per heavy atom. The molecule has 0 N–H and O–H groups in total. The van der Waals surface area contributed by atoms with E-state index < -0.39 is 0 Å². The van der Waals surface area contributed by atoms with Crippen LogP contribution in [-0.2, 0) is 0 Å². The minimum Gasteiger partial charge on any atom is -0.281 e. The highest BCUT2D eigenvalue weighted by Gasteiger charge is 2.16. The first-order valence-electron chi connectivity index (χ1n) is 4.46. The number of benzene rings is 1. The van der Waals surface area contributed by atoms with Gasteiger partial charge in [0, 0.05) is 13.1 Å². The largest absolute Gasteiger partial charge is 0.281 e. The van der Waals surface area contributed by atoms with Crippen molar-refractivity contribution in [3.05, 3.63) is 48.0 Å². The summed E-state index contributed by atoms with van der Waals surface area (Å²) in [6.07, 6.45) is 4.46. The fraction of sp³-hybridized carbons (Fsp3) is 0.273. The van der Waals surface area contributed by atoms with Crippen LogP contribution in [0.3, 0.4) is 0 Å². The fourth-order valence-corrected chi connectivity index (χ4v) is 2.37. The van der Waals surface area contributed by atoms with Crippen LogP contribution in [0.15, 0.2) is 42.5 Å². The van der Waals surface area contributed by atoms with E-state index in [-0.39, 0.29) is 0 Å². The summed E-state index contributed by atoms with van der Waals surface area (Å²) in [5, 5.41) is 0. The highest BCUT2D eigenvalue weighted by molar-refractivity contribution is 14.1. The molecule has 1 aromatic carbocycles. The van der Waals surface area contributed by atoms with Gasteiger partial charge < -0.3 is 0 Å². The zero-order valence-corrected chi connectivity index (χ0v) is 9.52. The van der Waals surface area contributed by atoms with Crippen molar-refractivity contribution in [2.45, 2.75) is 4.05 Å². The summed E-state index contributed by atoms with van der Waals surface area (Å²) in [6, 6.07) is 10.6. The SMILES string of the molecule is IC(c1ccccc1)N1CC=CC1. The number of hydrogen-bond donors (Lipinski definition) is 0. The summed E-state index contributed by atoms with van der Waals surface area (Å²) < 4.78 is 0.508. The first-order chi connectivity index (χ1) is 6.38. The predicted molar refractivity (Wildman–Crippen MR) is 63.9 cm³/mol. The lowest BCUT2D eigenvalue weighted by molar-refractivity contribution is 0.349. The first-order valence-corrected chi connectivity index (χ1v) is 5.70. The van der Waals surface area contributed by atoms with Gasteiger partial charge in [-0.15, -0.1) is 0 Å². The van der Waals surface area contributed by atoms with Crippen LogP contribution < -0.4 is 0 Å². The van der Waals surface area contributed by atoms with Crippen molar-refractivity contribution in [1.82, 2.24) is 4.90 Å². The van der Waals surface area contributed by atoms with Gasteiger partial charge in [0.05, 0.1) is 4.05 Å². The van der Waals surface area contributed by atoms with E-state index in [2.05, 4.69) is 70.0 Å². The lowest BCUT2D eigenvalue weighted by atomic mass is 10.2. The molecule has 0 radical (unpaired) electrons. The summed E-state index contributed by atoms with van der Waals surface area (Å²) in [5.74, 6) is 0. The van der Waals surface area contributed by atoms with E-state index in [1.54, 1.807) is 0 Å². The van der Waals surface area contributed by atoms with Crippen molar-refractivity contribution >= 4 is 22.6 Å². The van der Waals surface area contributed by atoms with Gasteiger partial charge in [-0.1, -0.05) is 65.1 Å².